The monoisotopic (exact) mass is 377 g/mol. The van der Waals surface area contributed by atoms with Gasteiger partial charge in [-0.05, 0) is 18.9 Å². The van der Waals surface area contributed by atoms with Gasteiger partial charge >= 0.3 is 12.1 Å². The second kappa shape index (κ2) is 8.63. The summed E-state index contributed by atoms with van der Waals surface area (Å²) in [5, 5.41) is 2.23. The van der Waals surface area contributed by atoms with Gasteiger partial charge in [0, 0.05) is 6.61 Å². The first kappa shape index (κ1) is 20.4. The minimum Gasteiger partial charge on any atom is -0.442 e. The third-order valence-corrected chi connectivity index (χ3v) is 4.44. The van der Waals surface area contributed by atoms with Crippen molar-refractivity contribution in [1.29, 1.82) is 0 Å². The molecule has 9 nitrogen and oxygen atoms in total. The van der Waals surface area contributed by atoms with Crippen LogP contribution in [0.2, 0.25) is 0 Å². The number of hydrogen-bond acceptors (Lipinski definition) is 6. The van der Waals surface area contributed by atoms with E-state index in [1.165, 1.54) is 0 Å². The Bertz CT molecular complexity index is 723. The number of carbonyl (C=O) groups excluding carboxylic acids is 4. The summed E-state index contributed by atoms with van der Waals surface area (Å²) in [5.74, 6) is -1.36. The molecule has 5 amide bonds. The topological polar surface area (TPSA) is 128 Å². The molecule has 0 aromatic heterocycles. The second-order valence-electron chi connectivity index (χ2n) is 6.02. The van der Waals surface area contributed by atoms with Crippen LogP contribution in [0.25, 0.3) is 0 Å². The van der Waals surface area contributed by atoms with Gasteiger partial charge in [-0.25, -0.2) is 9.59 Å². The SMILES string of the molecule is CCOCC(CN1C(=O)NC(=O)C(CC)(c2ccccc2)C1=O)OC(N)=O. The van der Waals surface area contributed by atoms with Crippen molar-refractivity contribution < 1.29 is 28.7 Å². The molecule has 3 N–H and O–H groups in total. The molecular weight excluding hydrogens is 354 g/mol. The Hall–Kier alpha value is -2.94. The number of rotatable bonds is 8. The molecule has 2 rings (SSSR count). The van der Waals surface area contributed by atoms with E-state index in [1.54, 1.807) is 44.2 Å². The number of imide groups is 2. The molecule has 0 aliphatic carbocycles. The van der Waals surface area contributed by atoms with Crippen molar-refractivity contribution in [2.45, 2.75) is 31.8 Å². The molecule has 1 aliphatic rings. The summed E-state index contributed by atoms with van der Waals surface area (Å²) in [6.07, 6.45) is -1.85. The number of benzene rings is 1. The Morgan fingerprint density at radius 2 is 1.89 bits per heavy atom. The molecule has 1 aromatic rings. The molecule has 146 valence electrons. The summed E-state index contributed by atoms with van der Waals surface area (Å²) in [6, 6.07) is 7.63. The minimum atomic E-state index is -1.54. The van der Waals surface area contributed by atoms with Gasteiger partial charge in [-0.2, -0.15) is 0 Å². The van der Waals surface area contributed by atoms with Crippen molar-refractivity contribution in [2.75, 3.05) is 19.8 Å². The average Bonchev–Trinajstić information content (AvgIpc) is 2.64. The Labute approximate surface area is 156 Å². The number of urea groups is 1. The maximum atomic E-state index is 13.2. The number of nitrogens with two attached hydrogens (primary N) is 1. The summed E-state index contributed by atoms with van der Waals surface area (Å²) in [4.78, 5) is 50.2. The van der Waals surface area contributed by atoms with E-state index >= 15 is 0 Å². The number of carbonyl (C=O) groups is 4. The molecule has 1 saturated heterocycles. The number of barbiturate groups is 1. The summed E-state index contributed by atoms with van der Waals surface area (Å²) in [5.41, 5.74) is 3.99. The van der Waals surface area contributed by atoms with E-state index in [0.717, 1.165) is 4.90 Å². The molecule has 1 heterocycles. The lowest BCUT2D eigenvalue weighted by molar-refractivity contribution is -0.146. The van der Waals surface area contributed by atoms with E-state index in [2.05, 4.69) is 5.32 Å². The quantitative estimate of drug-likeness (QED) is 0.648. The predicted molar refractivity (Wildman–Crippen MR) is 94.6 cm³/mol. The first-order chi connectivity index (χ1) is 12.9. The van der Waals surface area contributed by atoms with Crippen molar-refractivity contribution in [2.24, 2.45) is 5.73 Å². The fourth-order valence-corrected chi connectivity index (χ4v) is 3.09. The summed E-state index contributed by atoms with van der Waals surface area (Å²) < 4.78 is 10.2. The van der Waals surface area contributed by atoms with Gasteiger partial charge in [0.25, 0.3) is 5.91 Å². The highest BCUT2D eigenvalue weighted by atomic mass is 16.6. The highest BCUT2D eigenvalue weighted by molar-refractivity contribution is 6.22. The maximum Gasteiger partial charge on any atom is 0.404 e. The maximum absolute atomic E-state index is 13.2. The fraction of sp³-hybridized carbons (Fsp3) is 0.444. The molecule has 27 heavy (non-hydrogen) atoms. The highest BCUT2D eigenvalue weighted by Crippen LogP contribution is 2.33. The third kappa shape index (κ3) is 4.08. The normalized spacial score (nSPS) is 21.0. The molecule has 0 saturated carbocycles. The molecule has 9 heteroatoms. The Balaban J connectivity index is 2.36. The standard InChI is InChI=1S/C18H23N3O6/c1-3-18(12-8-6-5-7-9-12)14(22)20-17(25)21(15(18)23)10-13(11-26-4-2)27-16(19)24/h5-9,13H,3-4,10-11H2,1-2H3,(H2,19,24)(H,20,22,25). The molecule has 0 bridgehead atoms. The smallest absolute Gasteiger partial charge is 0.404 e. The molecule has 1 aliphatic heterocycles. The van der Waals surface area contributed by atoms with E-state index in [0.29, 0.717) is 12.2 Å². The number of nitrogens with one attached hydrogen (secondary N) is 1. The zero-order valence-corrected chi connectivity index (χ0v) is 15.3. The van der Waals surface area contributed by atoms with Gasteiger partial charge in [-0.15, -0.1) is 0 Å². The van der Waals surface area contributed by atoms with Crippen LogP contribution in [0.15, 0.2) is 30.3 Å². The predicted octanol–water partition coefficient (Wildman–Crippen LogP) is 0.913. The first-order valence-electron chi connectivity index (χ1n) is 8.63. The molecule has 2 atom stereocenters. The Kier molecular flexibility index (Phi) is 6.51. The van der Waals surface area contributed by atoms with Crippen LogP contribution >= 0.6 is 0 Å². The summed E-state index contributed by atoms with van der Waals surface area (Å²) >= 11 is 0. The van der Waals surface area contributed by atoms with Crippen LogP contribution in [0.1, 0.15) is 25.8 Å². The molecule has 2 unspecified atom stereocenters. The van der Waals surface area contributed by atoms with Crippen molar-refractivity contribution in [1.82, 2.24) is 10.2 Å². The Morgan fingerprint density at radius 3 is 2.44 bits per heavy atom. The highest BCUT2D eigenvalue weighted by Gasteiger charge is 2.54. The number of primary amides is 1. The van der Waals surface area contributed by atoms with E-state index < -0.39 is 35.5 Å². The fourth-order valence-electron chi connectivity index (χ4n) is 3.09. The molecule has 0 spiro atoms. The van der Waals surface area contributed by atoms with Gasteiger partial charge in [0.05, 0.1) is 13.2 Å². The van der Waals surface area contributed by atoms with Gasteiger partial charge in [0.2, 0.25) is 5.91 Å². The zero-order chi connectivity index (χ0) is 20.0. The van der Waals surface area contributed by atoms with Gasteiger partial charge in [0.1, 0.15) is 6.10 Å². The molecule has 1 aromatic carbocycles. The summed E-state index contributed by atoms with van der Waals surface area (Å²) in [6.45, 7) is 3.46. The number of nitrogens with zero attached hydrogens (tertiary/aromatic N) is 1. The summed E-state index contributed by atoms with van der Waals surface area (Å²) in [7, 11) is 0. The Morgan fingerprint density at radius 1 is 1.22 bits per heavy atom. The average molecular weight is 377 g/mol. The lowest BCUT2D eigenvalue weighted by Gasteiger charge is -2.39. The van der Waals surface area contributed by atoms with Gasteiger partial charge in [-0.3, -0.25) is 19.8 Å². The van der Waals surface area contributed by atoms with E-state index in [4.69, 9.17) is 15.2 Å². The van der Waals surface area contributed by atoms with Crippen LogP contribution < -0.4 is 11.1 Å². The molecule has 1 fully saturated rings. The zero-order valence-electron chi connectivity index (χ0n) is 15.3. The molecular formula is C18H23N3O6. The minimum absolute atomic E-state index is 0.0467. The van der Waals surface area contributed by atoms with Crippen LogP contribution in [0.4, 0.5) is 9.59 Å². The van der Waals surface area contributed by atoms with Crippen molar-refractivity contribution in [3.05, 3.63) is 35.9 Å². The van der Waals surface area contributed by atoms with Crippen LogP contribution in [-0.4, -0.2) is 54.7 Å². The third-order valence-electron chi connectivity index (χ3n) is 4.44. The van der Waals surface area contributed by atoms with Crippen LogP contribution in [0.3, 0.4) is 0 Å². The largest absolute Gasteiger partial charge is 0.442 e. The van der Waals surface area contributed by atoms with Crippen LogP contribution in [0.5, 0.6) is 0 Å². The number of ether oxygens (including phenoxy) is 2. The first-order valence-corrected chi connectivity index (χ1v) is 8.63. The van der Waals surface area contributed by atoms with E-state index in [1.807, 2.05) is 0 Å². The number of hydrogen-bond donors (Lipinski definition) is 2. The van der Waals surface area contributed by atoms with E-state index in [9.17, 15) is 19.2 Å². The van der Waals surface area contributed by atoms with Crippen molar-refractivity contribution in [3.8, 4) is 0 Å². The van der Waals surface area contributed by atoms with Crippen LogP contribution in [-0.2, 0) is 24.5 Å². The van der Waals surface area contributed by atoms with E-state index in [-0.39, 0.29) is 19.6 Å². The van der Waals surface area contributed by atoms with Gasteiger partial charge < -0.3 is 15.2 Å². The van der Waals surface area contributed by atoms with Gasteiger partial charge in [0.15, 0.2) is 5.41 Å². The van der Waals surface area contributed by atoms with Crippen LogP contribution in [0, 0.1) is 0 Å². The second-order valence-corrected chi connectivity index (χ2v) is 6.02. The number of amides is 5. The lowest BCUT2D eigenvalue weighted by Crippen LogP contribution is -2.67. The molecule has 0 radical (unpaired) electrons. The lowest BCUT2D eigenvalue weighted by atomic mass is 9.74. The van der Waals surface area contributed by atoms with Crippen molar-refractivity contribution >= 4 is 23.9 Å². The van der Waals surface area contributed by atoms with Gasteiger partial charge in [-0.1, -0.05) is 37.3 Å². The van der Waals surface area contributed by atoms with Crippen molar-refractivity contribution in [3.63, 3.8) is 0 Å².